The van der Waals surface area contributed by atoms with Crippen molar-refractivity contribution in [1.29, 1.82) is 0 Å². The average molecular weight is 297 g/mol. The van der Waals surface area contributed by atoms with Crippen molar-refractivity contribution in [1.82, 2.24) is 0 Å². The fourth-order valence-electron chi connectivity index (χ4n) is 2.20. The molecule has 1 aliphatic heterocycles. The standard InChI is InChI=1S/C16H12FN3O2/c1-8-7-12-14(20-16(22)9(2)18-12)15(21)13(8)19-11-5-3-10(17)4-6-11/h3-7,19H,1-2H3. The van der Waals surface area contributed by atoms with Crippen molar-refractivity contribution in [2.45, 2.75) is 13.8 Å². The fraction of sp³-hybridized carbons (Fsp3) is 0.125. The number of Topliss-reactive ketones (excluding diaryl/α,β-unsaturated/α-hetero) is 1. The lowest BCUT2D eigenvalue weighted by molar-refractivity contribution is -0.113. The van der Waals surface area contributed by atoms with Crippen molar-refractivity contribution in [3.8, 4) is 0 Å². The van der Waals surface area contributed by atoms with Crippen LogP contribution >= 0.6 is 0 Å². The smallest absolute Gasteiger partial charge is 0.291 e. The SMILES string of the molecule is CC1=NC2=CC(C)=C(Nc3ccc(F)cc3)C(=O)C2=NC1=O. The van der Waals surface area contributed by atoms with Crippen LogP contribution in [0.5, 0.6) is 0 Å². The average Bonchev–Trinajstić information content (AvgIpc) is 2.48. The van der Waals surface area contributed by atoms with E-state index in [2.05, 4.69) is 15.3 Å². The number of carbonyl (C=O) groups excluding carboxylic acids is 2. The van der Waals surface area contributed by atoms with Crippen LogP contribution in [0.1, 0.15) is 13.8 Å². The molecule has 6 heteroatoms. The maximum Gasteiger partial charge on any atom is 0.291 e. The molecule has 0 spiro atoms. The Bertz CT molecular complexity index is 814. The van der Waals surface area contributed by atoms with E-state index >= 15 is 0 Å². The van der Waals surface area contributed by atoms with E-state index in [4.69, 9.17) is 0 Å². The summed E-state index contributed by atoms with van der Waals surface area (Å²) in [6.45, 7) is 3.31. The summed E-state index contributed by atoms with van der Waals surface area (Å²) in [4.78, 5) is 32.0. The van der Waals surface area contributed by atoms with Gasteiger partial charge in [0.05, 0.1) is 11.4 Å². The number of allylic oxidation sites excluding steroid dienone is 4. The van der Waals surface area contributed by atoms with E-state index in [0.29, 0.717) is 22.7 Å². The monoisotopic (exact) mass is 297 g/mol. The summed E-state index contributed by atoms with van der Waals surface area (Å²) in [6.07, 6.45) is 1.70. The van der Waals surface area contributed by atoms with E-state index in [-0.39, 0.29) is 17.2 Å². The van der Waals surface area contributed by atoms with E-state index in [1.54, 1.807) is 19.9 Å². The van der Waals surface area contributed by atoms with Crippen LogP contribution in [0.2, 0.25) is 0 Å². The number of hydrogen-bond donors (Lipinski definition) is 1. The predicted octanol–water partition coefficient (Wildman–Crippen LogP) is 2.42. The number of halogens is 1. The highest BCUT2D eigenvalue weighted by Crippen LogP contribution is 2.24. The lowest BCUT2D eigenvalue weighted by Gasteiger charge is -2.20. The minimum Gasteiger partial charge on any atom is -0.352 e. The summed E-state index contributed by atoms with van der Waals surface area (Å²) >= 11 is 0. The third-order valence-electron chi connectivity index (χ3n) is 3.36. The molecule has 0 radical (unpaired) electrons. The zero-order valence-corrected chi connectivity index (χ0v) is 12.0. The highest BCUT2D eigenvalue weighted by molar-refractivity contribution is 6.58. The molecule has 1 N–H and O–H groups in total. The van der Waals surface area contributed by atoms with Crippen molar-refractivity contribution in [3.63, 3.8) is 0 Å². The first-order valence-electron chi connectivity index (χ1n) is 6.64. The van der Waals surface area contributed by atoms with Crippen LogP contribution in [-0.4, -0.2) is 23.1 Å². The van der Waals surface area contributed by atoms with E-state index in [0.717, 1.165) is 0 Å². The molecule has 22 heavy (non-hydrogen) atoms. The molecular formula is C16H12FN3O2. The van der Waals surface area contributed by atoms with Crippen LogP contribution < -0.4 is 5.32 Å². The minimum atomic E-state index is -0.513. The Labute approximate surface area is 126 Å². The maximum absolute atomic E-state index is 12.9. The number of carbonyl (C=O) groups is 2. The number of benzene rings is 1. The van der Waals surface area contributed by atoms with Crippen LogP contribution in [0, 0.1) is 5.82 Å². The van der Waals surface area contributed by atoms with Gasteiger partial charge >= 0.3 is 0 Å². The molecule has 0 unspecified atom stereocenters. The quantitative estimate of drug-likeness (QED) is 0.852. The maximum atomic E-state index is 12.9. The van der Waals surface area contributed by atoms with Crippen molar-refractivity contribution in [3.05, 3.63) is 53.1 Å². The Morgan fingerprint density at radius 1 is 1.05 bits per heavy atom. The first-order chi connectivity index (χ1) is 10.5. The number of nitrogens with one attached hydrogen (secondary N) is 1. The first kappa shape index (κ1) is 14.1. The summed E-state index contributed by atoms with van der Waals surface area (Å²) < 4.78 is 12.9. The van der Waals surface area contributed by atoms with Gasteiger partial charge in [0.1, 0.15) is 17.2 Å². The summed E-state index contributed by atoms with van der Waals surface area (Å²) in [5.41, 5.74) is 2.23. The van der Waals surface area contributed by atoms with Crippen LogP contribution in [-0.2, 0) is 9.59 Å². The molecule has 0 bridgehead atoms. The first-order valence-corrected chi connectivity index (χ1v) is 6.64. The molecule has 1 aromatic rings. The number of ketones is 1. The molecule has 0 saturated carbocycles. The number of hydrogen-bond acceptors (Lipinski definition) is 4. The second-order valence-corrected chi connectivity index (χ2v) is 5.01. The van der Waals surface area contributed by atoms with Crippen molar-refractivity contribution in [2.75, 3.05) is 5.32 Å². The Morgan fingerprint density at radius 2 is 1.73 bits per heavy atom. The second kappa shape index (κ2) is 5.14. The number of amides is 1. The summed E-state index contributed by atoms with van der Waals surface area (Å²) in [5.74, 6) is -1.27. The van der Waals surface area contributed by atoms with Gasteiger partial charge < -0.3 is 5.32 Å². The molecule has 1 aliphatic carbocycles. The Morgan fingerprint density at radius 3 is 2.41 bits per heavy atom. The molecule has 0 aromatic heterocycles. The number of rotatable bonds is 2. The van der Waals surface area contributed by atoms with Gasteiger partial charge in [-0.05, 0) is 49.8 Å². The van der Waals surface area contributed by atoms with Crippen LogP contribution in [0.15, 0.2) is 57.3 Å². The van der Waals surface area contributed by atoms with Gasteiger partial charge in [-0.3, -0.25) is 9.59 Å². The third-order valence-corrected chi connectivity index (χ3v) is 3.36. The highest BCUT2D eigenvalue weighted by atomic mass is 19.1. The van der Waals surface area contributed by atoms with E-state index < -0.39 is 11.7 Å². The lowest BCUT2D eigenvalue weighted by atomic mass is 9.97. The molecule has 0 saturated heterocycles. The summed E-state index contributed by atoms with van der Waals surface area (Å²) in [5, 5.41) is 2.94. The predicted molar refractivity (Wildman–Crippen MR) is 81.4 cm³/mol. The largest absolute Gasteiger partial charge is 0.352 e. The van der Waals surface area contributed by atoms with Gasteiger partial charge in [0.25, 0.3) is 5.91 Å². The van der Waals surface area contributed by atoms with Gasteiger partial charge in [-0.2, -0.15) is 0 Å². The van der Waals surface area contributed by atoms with Gasteiger partial charge in [-0.1, -0.05) is 0 Å². The topological polar surface area (TPSA) is 70.9 Å². The van der Waals surface area contributed by atoms with Gasteiger partial charge in [0, 0.05) is 5.69 Å². The van der Waals surface area contributed by atoms with Crippen molar-refractivity contribution in [2.24, 2.45) is 9.98 Å². The minimum absolute atomic E-state index is 0.0332. The number of aliphatic imine (C=N–C) groups is 2. The molecule has 2 aliphatic rings. The lowest BCUT2D eigenvalue weighted by Crippen LogP contribution is -2.31. The van der Waals surface area contributed by atoms with Gasteiger partial charge in [-0.15, -0.1) is 0 Å². The summed E-state index contributed by atoms with van der Waals surface area (Å²) in [7, 11) is 0. The number of anilines is 1. The fourth-order valence-corrected chi connectivity index (χ4v) is 2.20. The van der Waals surface area contributed by atoms with Crippen molar-refractivity contribution < 1.29 is 14.0 Å². The highest BCUT2D eigenvalue weighted by Gasteiger charge is 2.30. The molecule has 1 heterocycles. The summed E-state index contributed by atoms with van der Waals surface area (Å²) in [6, 6.07) is 5.64. The molecule has 3 rings (SSSR count). The van der Waals surface area contributed by atoms with E-state index in [9.17, 15) is 14.0 Å². The molecule has 5 nitrogen and oxygen atoms in total. The molecular weight excluding hydrogens is 285 g/mol. The Balaban J connectivity index is 1.99. The van der Waals surface area contributed by atoms with Gasteiger partial charge in [0.15, 0.2) is 0 Å². The molecule has 0 fully saturated rings. The second-order valence-electron chi connectivity index (χ2n) is 5.01. The van der Waals surface area contributed by atoms with Crippen molar-refractivity contribution >= 4 is 28.8 Å². The zero-order chi connectivity index (χ0) is 15.9. The molecule has 1 amide bonds. The molecule has 0 atom stereocenters. The third kappa shape index (κ3) is 2.39. The normalized spacial score (nSPS) is 17.7. The van der Waals surface area contributed by atoms with E-state index in [1.165, 1.54) is 24.3 Å². The van der Waals surface area contributed by atoms with Gasteiger partial charge in [0.2, 0.25) is 5.78 Å². The van der Waals surface area contributed by atoms with Crippen LogP contribution in [0.4, 0.5) is 10.1 Å². The zero-order valence-electron chi connectivity index (χ0n) is 12.0. The Hall–Kier alpha value is -2.89. The van der Waals surface area contributed by atoms with E-state index in [1.807, 2.05) is 0 Å². The number of nitrogens with zero attached hydrogens (tertiary/aromatic N) is 2. The molecule has 110 valence electrons. The molecule has 1 aromatic carbocycles. The van der Waals surface area contributed by atoms with Gasteiger partial charge in [-0.25, -0.2) is 14.4 Å². The van der Waals surface area contributed by atoms with Crippen LogP contribution in [0.3, 0.4) is 0 Å². The van der Waals surface area contributed by atoms with Crippen LogP contribution in [0.25, 0.3) is 0 Å². The Kier molecular flexibility index (Phi) is 3.29. The number of fused-ring (bicyclic) bond motifs is 1.